The summed E-state index contributed by atoms with van der Waals surface area (Å²) in [4.78, 5) is 20.6. The van der Waals surface area contributed by atoms with E-state index in [1.807, 2.05) is 35.7 Å². The highest BCUT2D eigenvalue weighted by Gasteiger charge is 2.16. The lowest BCUT2D eigenvalue weighted by atomic mass is 10.0. The lowest BCUT2D eigenvalue weighted by Gasteiger charge is -1.99. The number of para-hydroxylation sites is 1. The van der Waals surface area contributed by atoms with E-state index in [0.29, 0.717) is 11.3 Å². The van der Waals surface area contributed by atoms with Crippen LogP contribution in [0.25, 0.3) is 22.4 Å². The van der Waals surface area contributed by atoms with Gasteiger partial charge in [-0.3, -0.25) is 20.0 Å². The van der Waals surface area contributed by atoms with Crippen LogP contribution in [0.1, 0.15) is 11.1 Å². The highest BCUT2D eigenvalue weighted by Crippen LogP contribution is 2.33. The average Bonchev–Trinajstić information content (AvgIpc) is 3.21. The third-order valence-electron chi connectivity index (χ3n) is 3.32. The lowest BCUT2D eigenvalue weighted by molar-refractivity contribution is 1.06. The van der Waals surface area contributed by atoms with Crippen molar-refractivity contribution in [3.8, 4) is 10.7 Å². The number of fused-ring (bicyclic) bond motifs is 1. The molecular weight excluding hydrogens is 284 g/mol. The lowest BCUT2D eigenvalue weighted by Crippen LogP contribution is -2.02. The number of hydrogen-bond donors (Lipinski definition) is 2. The van der Waals surface area contributed by atoms with Crippen LogP contribution in [0, 0.1) is 0 Å². The average molecular weight is 294 g/mol. The number of hydrogen-bond acceptors (Lipinski definition) is 4. The smallest absolute Gasteiger partial charge is 0.271 e. The molecule has 0 saturated carbocycles. The molecule has 0 fully saturated rings. The van der Waals surface area contributed by atoms with E-state index >= 15 is 0 Å². The molecule has 4 rings (SSSR count). The predicted octanol–water partition coefficient (Wildman–Crippen LogP) is 3.08. The highest BCUT2D eigenvalue weighted by molar-refractivity contribution is 7.13. The van der Waals surface area contributed by atoms with Gasteiger partial charge in [-0.1, -0.05) is 18.2 Å². The van der Waals surface area contributed by atoms with Gasteiger partial charge in [0.2, 0.25) is 0 Å². The molecule has 1 aromatic carbocycles. The Labute approximate surface area is 123 Å². The van der Waals surface area contributed by atoms with Crippen LogP contribution >= 0.6 is 11.3 Å². The van der Waals surface area contributed by atoms with Crippen molar-refractivity contribution in [2.24, 2.45) is 4.99 Å². The maximum Gasteiger partial charge on any atom is 0.271 e. The first-order valence-corrected chi connectivity index (χ1v) is 7.26. The molecule has 5 nitrogen and oxygen atoms in total. The van der Waals surface area contributed by atoms with Crippen molar-refractivity contribution < 1.29 is 0 Å². The number of thiazole rings is 1. The summed E-state index contributed by atoms with van der Waals surface area (Å²) in [5.74, 6) is 0. The number of benzene rings is 1. The summed E-state index contributed by atoms with van der Waals surface area (Å²) in [5, 5.41) is 8.18. The summed E-state index contributed by atoms with van der Waals surface area (Å²) in [7, 11) is 0. The summed E-state index contributed by atoms with van der Waals surface area (Å²) in [5.41, 5.74) is 4.00. The molecule has 0 bridgehead atoms. The number of H-pyrrole nitrogens is 2. The Morgan fingerprint density at radius 3 is 2.95 bits per heavy atom. The fraction of sp³-hybridized carbons (Fsp3) is 0. The number of rotatable bonds is 2. The van der Waals surface area contributed by atoms with E-state index in [4.69, 9.17) is 0 Å². The Kier molecular flexibility index (Phi) is 2.68. The summed E-state index contributed by atoms with van der Waals surface area (Å²) >= 11 is 1.48. The van der Waals surface area contributed by atoms with Gasteiger partial charge in [0.05, 0.1) is 11.3 Å². The molecule has 0 saturated heterocycles. The fourth-order valence-corrected chi connectivity index (χ4v) is 2.98. The second-order valence-corrected chi connectivity index (χ2v) is 5.47. The number of allylic oxidation sites excluding steroid dienone is 1. The van der Waals surface area contributed by atoms with Gasteiger partial charge in [0, 0.05) is 28.9 Å². The standard InChI is InChI=1S/C15H10N4OS/c20-14-11(13(18-19-14)15-16-5-6-21-15)7-9-8-17-12-4-2-1-3-10(9)12/h1-8H,(H2,18,19,20)/b9-7+. The number of aromatic nitrogens is 3. The first-order chi connectivity index (χ1) is 10.3. The number of aliphatic imine (C=N–C) groups is 1. The van der Waals surface area contributed by atoms with Crippen molar-refractivity contribution in [1.82, 2.24) is 15.2 Å². The molecule has 102 valence electrons. The third-order valence-corrected chi connectivity index (χ3v) is 4.11. The zero-order chi connectivity index (χ0) is 14.2. The molecule has 1 aliphatic heterocycles. The fourth-order valence-electron chi connectivity index (χ4n) is 2.33. The van der Waals surface area contributed by atoms with Gasteiger partial charge in [-0.05, 0) is 12.1 Å². The van der Waals surface area contributed by atoms with Crippen LogP contribution in [0.5, 0.6) is 0 Å². The predicted molar refractivity (Wildman–Crippen MR) is 85.0 cm³/mol. The van der Waals surface area contributed by atoms with Crippen LogP contribution in [0.2, 0.25) is 0 Å². The molecule has 0 spiro atoms. The van der Waals surface area contributed by atoms with Gasteiger partial charge >= 0.3 is 0 Å². The monoisotopic (exact) mass is 294 g/mol. The molecule has 2 aromatic heterocycles. The van der Waals surface area contributed by atoms with E-state index in [1.54, 1.807) is 12.4 Å². The van der Waals surface area contributed by atoms with E-state index in [-0.39, 0.29) is 5.56 Å². The van der Waals surface area contributed by atoms with Crippen molar-refractivity contribution >= 4 is 34.9 Å². The Balaban J connectivity index is 1.87. The van der Waals surface area contributed by atoms with Crippen LogP contribution in [-0.2, 0) is 0 Å². The molecule has 0 amide bonds. The molecule has 0 radical (unpaired) electrons. The van der Waals surface area contributed by atoms with Gasteiger partial charge in [-0.15, -0.1) is 11.3 Å². The quantitative estimate of drug-likeness (QED) is 0.762. The van der Waals surface area contributed by atoms with Crippen molar-refractivity contribution in [3.63, 3.8) is 0 Å². The zero-order valence-electron chi connectivity index (χ0n) is 10.8. The highest BCUT2D eigenvalue weighted by atomic mass is 32.1. The van der Waals surface area contributed by atoms with E-state index < -0.39 is 0 Å². The SMILES string of the molecule is O=c1[nH][nH]c(-c2nccs2)c1/C=C1\C=Nc2ccccc21. The summed E-state index contributed by atoms with van der Waals surface area (Å²) < 4.78 is 0. The van der Waals surface area contributed by atoms with Gasteiger partial charge in [-0.2, -0.15) is 0 Å². The molecule has 0 unspecified atom stereocenters. The first kappa shape index (κ1) is 12.0. The van der Waals surface area contributed by atoms with Gasteiger partial charge < -0.3 is 0 Å². The second kappa shape index (κ2) is 4.68. The molecule has 2 N–H and O–H groups in total. The Morgan fingerprint density at radius 2 is 2.10 bits per heavy atom. The van der Waals surface area contributed by atoms with Crippen LogP contribution < -0.4 is 5.56 Å². The minimum Gasteiger partial charge on any atom is -0.295 e. The molecule has 3 heterocycles. The van der Waals surface area contributed by atoms with Crippen molar-refractivity contribution in [2.75, 3.05) is 0 Å². The summed E-state index contributed by atoms with van der Waals surface area (Å²) in [6, 6.07) is 7.86. The van der Waals surface area contributed by atoms with Crippen molar-refractivity contribution in [3.05, 3.63) is 57.3 Å². The van der Waals surface area contributed by atoms with E-state index in [0.717, 1.165) is 21.8 Å². The zero-order valence-corrected chi connectivity index (χ0v) is 11.6. The topological polar surface area (TPSA) is 73.9 Å². The minimum absolute atomic E-state index is 0.162. The largest absolute Gasteiger partial charge is 0.295 e. The molecule has 6 heteroatoms. The maximum absolute atomic E-state index is 12.0. The summed E-state index contributed by atoms with van der Waals surface area (Å²) in [6.07, 6.45) is 5.35. The Bertz CT molecular complexity index is 915. The van der Waals surface area contributed by atoms with Crippen LogP contribution in [0.4, 0.5) is 5.69 Å². The Morgan fingerprint density at radius 1 is 1.19 bits per heavy atom. The minimum atomic E-state index is -0.162. The van der Waals surface area contributed by atoms with Crippen molar-refractivity contribution in [2.45, 2.75) is 0 Å². The van der Waals surface area contributed by atoms with E-state index in [1.165, 1.54) is 11.3 Å². The number of aromatic amines is 2. The van der Waals surface area contributed by atoms with E-state index in [9.17, 15) is 4.79 Å². The van der Waals surface area contributed by atoms with Gasteiger partial charge in [0.25, 0.3) is 5.56 Å². The molecule has 0 atom stereocenters. The van der Waals surface area contributed by atoms with Gasteiger partial charge in [0.1, 0.15) is 10.7 Å². The molecular formula is C15H10N4OS. The van der Waals surface area contributed by atoms with Gasteiger partial charge in [-0.25, -0.2) is 4.98 Å². The molecule has 0 aliphatic carbocycles. The Hall–Kier alpha value is -2.73. The van der Waals surface area contributed by atoms with Crippen molar-refractivity contribution in [1.29, 1.82) is 0 Å². The number of nitrogens with zero attached hydrogens (tertiary/aromatic N) is 2. The van der Waals surface area contributed by atoms with Gasteiger partial charge in [0.15, 0.2) is 0 Å². The number of nitrogens with one attached hydrogen (secondary N) is 2. The first-order valence-electron chi connectivity index (χ1n) is 6.38. The third kappa shape index (κ3) is 1.96. The second-order valence-electron chi connectivity index (χ2n) is 4.58. The molecule has 3 aromatic rings. The van der Waals surface area contributed by atoms with Crippen LogP contribution in [-0.4, -0.2) is 21.4 Å². The molecule has 1 aliphatic rings. The van der Waals surface area contributed by atoms with E-state index in [2.05, 4.69) is 20.2 Å². The van der Waals surface area contributed by atoms with Crippen LogP contribution in [0.15, 0.2) is 45.6 Å². The molecule has 21 heavy (non-hydrogen) atoms. The normalized spacial score (nSPS) is 14.8. The van der Waals surface area contributed by atoms with Crippen LogP contribution in [0.3, 0.4) is 0 Å². The summed E-state index contributed by atoms with van der Waals surface area (Å²) in [6.45, 7) is 0. The maximum atomic E-state index is 12.0.